The van der Waals surface area contributed by atoms with Crippen LogP contribution in [0.25, 0.3) is 0 Å². The Morgan fingerprint density at radius 2 is 1.62 bits per heavy atom. The smallest absolute Gasteiger partial charge is 0.0890 e. The van der Waals surface area contributed by atoms with Crippen LogP contribution in [0.15, 0.2) is 12.4 Å². The van der Waals surface area contributed by atoms with Gasteiger partial charge in [0.25, 0.3) is 0 Å². The van der Waals surface area contributed by atoms with Crippen LogP contribution < -0.4 is 0 Å². The van der Waals surface area contributed by atoms with E-state index < -0.39 is 0 Å². The zero-order valence-electron chi connectivity index (χ0n) is 10.6. The van der Waals surface area contributed by atoms with Gasteiger partial charge in [0.1, 0.15) is 0 Å². The number of rotatable bonds is 7. The molecule has 0 spiro atoms. The van der Waals surface area contributed by atoms with Crippen molar-refractivity contribution in [3.05, 3.63) is 12.4 Å². The van der Waals surface area contributed by atoms with Crippen molar-refractivity contribution in [2.24, 2.45) is 0 Å². The molecule has 0 unspecified atom stereocenters. The lowest BCUT2D eigenvalue weighted by molar-refractivity contribution is 0.290. The first kappa shape index (κ1) is 16.0. The monoisotopic (exact) mass is 262 g/mol. The van der Waals surface area contributed by atoms with Crippen molar-refractivity contribution in [1.29, 1.82) is 0 Å². The Labute approximate surface area is 111 Å². The van der Waals surface area contributed by atoms with Crippen LogP contribution in [0.4, 0.5) is 0 Å². The number of hydrogen-bond donors (Lipinski definition) is 2. The molecule has 1 rings (SSSR count). The molecular formula is C12H26N2S2. The lowest BCUT2D eigenvalue weighted by Crippen LogP contribution is -2.23. The Morgan fingerprint density at radius 1 is 1.00 bits per heavy atom. The van der Waals surface area contributed by atoms with Gasteiger partial charge in [-0.3, -0.25) is 0 Å². The van der Waals surface area contributed by atoms with Crippen molar-refractivity contribution in [3.8, 4) is 0 Å². The standard InChI is InChI=1S/C12H24N2.H2S2/c1-3-4-5-6-7-8-9-14-11-10-13(2)12-14;1-2/h10-11H,3-9,12H2,1-2H3;1-2H. The highest BCUT2D eigenvalue weighted by Crippen LogP contribution is 2.08. The molecule has 2 nitrogen and oxygen atoms in total. The van der Waals surface area contributed by atoms with Crippen LogP contribution >= 0.6 is 23.3 Å². The maximum atomic E-state index is 3.22. The molecule has 1 heterocycles. The first-order valence-corrected chi connectivity index (χ1v) is 7.75. The molecule has 0 radical (unpaired) electrons. The minimum absolute atomic E-state index is 1.08. The molecule has 1 aliphatic rings. The van der Waals surface area contributed by atoms with Gasteiger partial charge in [0.05, 0.1) is 6.67 Å². The third kappa shape index (κ3) is 8.22. The fourth-order valence-corrected chi connectivity index (χ4v) is 1.83. The van der Waals surface area contributed by atoms with Crippen molar-refractivity contribution in [3.63, 3.8) is 0 Å². The predicted octanol–water partition coefficient (Wildman–Crippen LogP) is 3.78. The van der Waals surface area contributed by atoms with E-state index in [1.54, 1.807) is 0 Å². The van der Waals surface area contributed by atoms with Crippen LogP contribution in [-0.4, -0.2) is 30.1 Å². The van der Waals surface area contributed by atoms with Gasteiger partial charge in [-0.1, -0.05) is 39.0 Å². The van der Waals surface area contributed by atoms with E-state index in [2.05, 4.69) is 59.5 Å². The average molecular weight is 262 g/mol. The summed E-state index contributed by atoms with van der Waals surface area (Å²) in [6.07, 6.45) is 12.7. The maximum absolute atomic E-state index is 3.22. The number of hydrogen-bond acceptors (Lipinski definition) is 4. The molecule has 0 aromatic carbocycles. The van der Waals surface area contributed by atoms with Crippen LogP contribution in [0.5, 0.6) is 0 Å². The van der Waals surface area contributed by atoms with E-state index in [-0.39, 0.29) is 0 Å². The summed E-state index contributed by atoms with van der Waals surface area (Å²) >= 11 is 6.44. The van der Waals surface area contributed by atoms with Crippen molar-refractivity contribution in [2.45, 2.75) is 45.4 Å². The summed E-state index contributed by atoms with van der Waals surface area (Å²) < 4.78 is 0. The van der Waals surface area contributed by atoms with Crippen molar-refractivity contribution >= 4 is 23.3 Å². The minimum Gasteiger partial charge on any atom is -0.362 e. The molecule has 0 bridgehead atoms. The van der Waals surface area contributed by atoms with Crippen LogP contribution in [0.1, 0.15) is 45.4 Å². The van der Waals surface area contributed by atoms with Gasteiger partial charge in [-0.15, -0.1) is 23.3 Å². The molecule has 1 aliphatic heterocycles. The van der Waals surface area contributed by atoms with E-state index in [4.69, 9.17) is 0 Å². The second kappa shape index (κ2) is 11.5. The first-order chi connectivity index (χ1) is 7.83. The minimum atomic E-state index is 1.08. The van der Waals surface area contributed by atoms with Gasteiger partial charge < -0.3 is 9.80 Å². The molecule has 0 saturated carbocycles. The molecule has 96 valence electrons. The van der Waals surface area contributed by atoms with Crippen molar-refractivity contribution in [1.82, 2.24) is 9.80 Å². The summed E-state index contributed by atoms with van der Waals surface area (Å²) in [6, 6.07) is 0. The van der Waals surface area contributed by atoms with Gasteiger partial charge in [0, 0.05) is 26.0 Å². The molecule has 0 aromatic rings. The summed E-state index contributed by atoms with van der Waals surface area (Å²) in [4.78, 5) is 4.61. The van der Waals surface area contributed by atoms with Crippen molar-refractivity contribution < 1.29 is 0 Å². The molecule has 0 aromatic heterocycles. The molecule has 0 atom stereocenters. The largest absolute Gasteiger partial charge is 0.362 e. The molecule has 0 fully saturated rings. The van der Waals surface area contributed by atoms with Gasteiger partial charge in [-0.25, -0.2) is 0 Å². The molecule has 0 amide bonds. The SMILES string of the molecule is CCCCCCCCN1C=CN(C)C1.SS. The van der Waals surface area contributed by atoms with E-state index >= 15 is 0 Å². The summed E-state index contributed by atoms with van der Waals surface area (Å²) in [5.41, 5.74) is 0. The third-order valence-corrected chi connectivity index (χ3v) is 2.74. The van der Waals surface area contributed by atoms with Crippen LogP contribution in [0.3, 0.4) is 0 Å². The van der Waals surface area contributed by atoms with Gasteiger partial charge in [0.15, 0.2) is 0 Å². The fourth-order valence-electron chi connectivity index (χ4n) is 1.83. The Bertz CT molecular complexity index is 174. The lowest BCUT2D eigenvalue weighted by Gasteiger charge is -2.17. The van der Waals surface area contributed by atoms with Gasteiger partial charge in [-0.05, 0) is 6.42 Å². The Kier molecular flexibility index (Phi) is 11.6. The fraction of sp³-hybridized carbons (Fsp3) is 0.833. The molecule has 0 N–H and O–H groups in total. The van der Waals surface area contributed by atoms with E-state index in [9.17, 15) is 0 Å². The highest BCUT2D eigenvalue weighted by molar-refractivity contribution is 8.59. The van der Waals surface area contributed by atoms with E-state index in [1.165, 1.54) is 45.1 Å². The third-order valence-electron chi connectivity index (χ3n) is 2.74. The number of unbranched alkanes of at least 4 members (excludes halogenated alkanes) is 5. The van der Waals surface area contributed by atoms with Gasteiger partial charge >= 0.3 is 0 Å². The summed E-state index contributed by atoms with van der Waals surface area (Å²) in [7, 11) is 2.12. The molecular weight excluding hydrogens is 236 g/mol. The second-order valence-corrected chi connectivity index (χ2v) is 4.28. The second-order valence-electron chi connectivity index (χ2n) is 4.28. The van der Waals surface area contributed by atoms with E-state index in [0.717, 1.165) is 6.67 Å². The number of nitrogens with zero attached hydrogens (tertiary/aromatic N) is 2. The highest BCUT2D eigenvalue weighted by atomic mass is 33.1. The van der Waals surface area contributed by atoms with Crippen LogP contribution in [0.2, 0.25) is 0 Å². The normalized spacial score (nSPS) is 14.0. The summed E-state index contributed by atoms with van der Waals surface area (Å²) in [6.45, 7) is 4.58. The Hall–Kier alpha value is 0.0400. The highest BCUT2D eigenvalue weighted by Gasteiger charge is 2.06. The van der Waals surface area contributed by atoms with Crippen LogP contribution in [0, 0.1) is 0 Å². The van der Waals surface area contributed by atoms with Crippen molar-refractivity contribution in [2.75, 3.05) is 20.3 Å². The molecule has 16 heavy (non-hydrogen) atoms. The topological polar surface area (TPSA) is 6.48 Å². The van der Waals surface area contributed by atoms with E-state index in [1.807, 2.05) is 0 Å². The Morgan fingerprint density at radius 3 is 2.19 bits per heavy atom. The summed E-state index contributed by atoms with van der Waals surface area (Å²) in [5.74, 6) is 0. The Balaban J connectivity index is 0.00000106. The van der Waals surface area contributed by atoms with Gasteiger partial charge in [0.2, 0.25) is 0 Å². The predicted molar refractivity (Wildman–Crippen MR) is 79.8 cm³/mol. The van der Waals surface area contributed by atoms with Crippen LogP contribution in [-0.2, 0) is 0 Å². The average Bonchev–Trinajstić information content (AvgIpc) is 2.72. The quantitative estimate of drug-likeness (QED) is 0.409. The maximum Gasteiger partial charge on any atom is 0.0890 e. The molecule has 0 saturated heterocycles. The van der Waals surface area contributed by atoms with E-state index in [0.29, 0.717) is 0 Å². The van der Waals surface area contributed by atoms with Gasteiger partial charge in [-0.2, -0.15) is 0 Å². The molecule has 4 heteroatoms. The lowest BCUT2D eigenvalue weighted by atomic mass is 10.1. The zero-order chi connectivity index (χ0) is 12.2. The first-order valence-electron chi connectivity index (χ1n) is 6.15. The summed E-state index contributed by atoms with van der Waals surface area (Å²) in [5, 5.41) is 0. The molecule has 0 aliphatic carbocycles. The zero-order valence-corrected chi connectivity index (χ0v) is 12.4. The number of thiol groups is 2.